The lowest BCUT2D eigenvalue weighted by Crippen LogP contribution is -2.20. The van der Waals surface area contributed by atoms with Crippen molar-refractivity contribution in [1.29, 1.82) is 0 Å². The summed E-state index contributed by atoms with van der Waals surface area (Å²) < 4.78 is 0. The molecule has 0 aliphatic carbocycles. The van der Waals surface area contributed by atoms with Crippen LogP contribution < -0.4 is 10.7 Å². The molecule has 0 aliphatic heterocycles. The van der Waals surface area contributed by atoms with Gasteiger partial charge in [0.05, 0.1) is 0 Å². The van der Waals surface area contributed by atoms with Crippen molar-refractivity contribution in [1.82, 2.24) is 0 Å². The number of nitrogens with zero attached hydrogens (tertiary/aromatic N) is 1. The predicted octanol–water partition coefficient (Wildman–Crippen LogP) is 0.650. The molecule has 0 amide bonds. The number of H-pyrrole nitrogens is 1. The average molecular weight is 235 g/mol. The zero-order chi connectivity index (χ0) is 10.6. The van der Waals surface area contributed by atoms with Crippen LogP contribution in [0.15, 0.2) is 10.5 Å². The normalized spacial score (nSPS) is 11.4. The maximum absolute atomic E-state index is 11.0. The van der Waals surface area contributed by atoms with Gasteiger partial charge in [0.15, 0.2) is 5.69 Å². The second-order valence-corrected chi connectivity index (χ2v) is 3.52. The van der Waals surface area contributed by atoms with Gasteiger partial charge in [0.1, 0.15) is 6.61 Å². The van der Waals surface area contributed by atoms with Crippen molar-refractivity contribution in [3.05, 3.63) is 11.1 Å². The monoisotopic (exact) mass is 234 g/mol. The van der Waals surface area contributed by atoms with Gasteiger partial charge in [-0.1, -0.05) is 16.5 Å². The molecular formula is C7H9ClN3O2S+. The Balaban J connectivity index is 2.94. The van der Waals surface area contributed by atoms with Gasteiger partial charge in [0.2, 0.25) is 5.71 Å². The third kappa shape index (κ3) is 2.68. The summed E-state index contributed by atoms with van der Waals surface area (Å²) in [6.07, 6.45) is 0. The standard InChI is InChI=1S/C7H8ClN3O2S/c1-2-13-11-5(6(8)12)4-3-14-7(9)10-4/h3H,2H2,1H3,(H2,9,10)/p+1/b11-5-. The molecule has 0 radical (unpaired) electrons. The number of halogens is 1. The van der Waals surface area contributed by atoms with Crippen molar-refractivity contribution in [3.63, 3.8) is 0 Å². The zero-order valence-electron chi connectivity index (χ0n) is 7.41. The van der Waals surface area contributed by atoms with Crippen LogP contribution in [-0.4, -0.2) is 17.6 Å². The maximum atomic E-state index is 11.0. The Kier molecular flexibility index (Phi) is 3.84. The highest BCUT2D eigenvalue weighted by Gasteiger charge is 2.18. The summed E-state index contributed by atoms with van der Waals surface area (Å²) in [5, 5.41) is 5.01. The first-order valence-electron chi connectivity index (χ1n) is 3.81. The number of carbonyl (C=O) groups excluding carboxylic acids is 1. The molecule has 1 rings (SSSR count). The molecule has 1 aromatic rings. The summed E-state index contributed by atoms with van der Waals surface area (Å²) in [4.78, 5) is 18.5. The zero-order valence-corrected chi connectivity index (χ0v) is 8.98. The summed E-state index contributed by atoms with van der Waals surface area (Å²) in [6, 6.07) is 0. The molecule has 0 unspecified atom stereocenters. The summed E-state index contributed by atoms with van der Waals surface area (Å²) in [7, 11) is 0. The first kappa shape index (κ1) is 10.9. The lowest BCUT2D eigenvalue weighted by Gasteiger charge is -1.95. The van der Waals surface area contributed by atoms with Gasteiger partial charge >= 0.3 is 5.13 Å². The largest absolute Gasteiger partial charge is 0.395 e. The molecule has 7 heteroatoms. The van der Waals surface area contributed by atoms with E-state index < -0.39 is 5.24 Å². The number of aromatic nitrogens is 1. The van der Waals surface area contributed by atoms with E-state index in [1.807, 2.05) is 0 Å². The van der Waals surface area contributed by atoms with Crippen LogP contribution in [0.1, 0.15) is 12.6 Å². The number of carbonyl (C=O) groups is 1. The second-order valence-electron chi connectivity index (χ2n) is 2.27. The highest BCUT2D eigenvalue weighted by Crippen LogP contribution is 2.08. The average Bonchev–Trinajstić information content (AvgIpc) is 2.52. The van der Waals surface area contributed by atoms with E-state index in [1.54, 1.807) is 12.3 Å². The molecule has 0 aromatic carbocycles. The smallest absolute Gasteiger partial charge is 0.329 e. The van der Waals surface area contributed by atoms with E-state index in [-0.39, 0.29) is 5.71 Å². The Morgan fingerprint density at radius 1 is 1.86 bits per heavy atom. The molecule has 0 aliphatic rings. The van der Waals surface area contributed by atoms with Crippen molar-refractivity contribution >= 4 is 39.0 Å². The number of oxime groups is 1. The van der Waals surface area contributed by atoms with Gasteiger partial charge in [-0.05, 0) is 18.5 Å². The topological polar surface area (TPSA) is 78.8 Å². The summed E-state index contributed by atoms with van der Waals surface area (Å²) in [6.45, 7) is 2.12. The predicted molar refractivity (Wildman–Crippen MR) is 54.3 cm³/mol. The molecule has 3 N–H and O–H groups in total. The minimum atomic E-state index is -0.688. The van der Waals surface area contributed by atoms with Gasteiger partial charge in [-0.3, -0.25) is 10.5 Å². The van der Waals surface area contributed by atoms with E-state index in [4.69, 9.17) is 22.2 Å². The summed E-state index contributed by atoms with van der Waals surface area (Å²) in [5.74, 6) is 0. The molecule has 0 fully saturated rings. The summed E-state index contributed by atoms with van der Waals surface area (Å²) in [5.41, 5.74) is 5.95. The Morgan fingerprint density at radius 2 is 2.57 bits per heavy atom. The van der Waals surface area contributed by atoms with Gasteiger partial charge in [0.25, 0.3) is 5.24 Å². The lowest BCUT2D eigenvalue weighted by atomic mass is 10.3. The molecule has 0 saturated carbocycles. The minimum absolute atomic E-state index is 0.0291. The number of hydrogen-bond acceptors (Lipinski definition) is 5. The number of rotatable bonds is 4. The maximum Gasteiger partial charge on any atom is 0.329 e. The molecule has 14 heavy (non-hydrogen) atoms. The quantitative estimate of drug-likeness (QED) is 0.472. The first-order chi connectivity index (χ1) is 6.65. The van der Waals surface area contributed by atoms with Crippen molar-refractivity contribution < 1.29 is 14.6 Å². The van der Waals surface area contributed by atoms with Crippen LogP contribution in [0, 0.1) is 0 Å². The van der Waals surface area contributed by atoms with Gasteiger partial charge in [-0.2, -0.15) is 0 Å². The number of nitrogens with one attached hydrogen (secondary N) is 1. The third-order valence-electron chi connectivity index (χ3n) is 1.29. The van der Waals surface area contributed by atoms with Crippen molar-refractivity contribution in [2.24, 2.45) is 5.16 Å². The van der Waals surface area contributed by atoms with Crippen LogP contribution in [0.4, 0.5) is 5.13 Å². The number of thiazole rings is 1. The Morgan fingerprint density at radius 3 is 3.00 bits per heavy atom. The molecule has 5 nitrogen and oxygen atoms in total. The fourth-order valence-corrected chi connectivity index (χ4v) is 1.47. The number of hydrogen-bond donors (Lipinski definition) is 1. The first-order valence-corrected chi connectivity index (χ1v) is 5.07. The van der Waals surface area contributed by atoms with Gasteiger partial charge in [-0.25, -0.2) is 4.98 Å². The third-order valence-corrected chi connectivity index (χ3v) is 2.18. The fourth-order valence-electron chi connectivity index (χ4n) is 0.749. The molecule has 0 atom stereocenters. The minimum Gasteiger partial charge on any atom is -0.395 e. The van der Waals surface area contributed by atoms with E-state index in [0.717, 1.165) is 0 Å². The van der Waals surface area contributed by atoms with Crippen molar-refractivity contribution in [3.8, 4) is 0 Å². The number of aromatic amines is 1. The van der Waals surface area contributed by atoms with Crippen molar-refractivity contribution in [2.45, 2.75) is 6.92 Å². The molecular weight excluding hydrogens is 226 g/mol. The molecule has 1 heterocycles. The lowest BCUT2D eigenvalue weighted by molar-refractivity contribution is -0.356. The van der Waals surface area contributed by atoms with Gasteiger partial charge in [0, 0.05) is 5.38 Å². The Hall–Kier alpha value is -1.14. The fraction of sp³-hybridized carbons (Fsp3) is 0.286. The van der Waals surface area contributed by atoms with E-state index in [0.29, 0.717) is 17.4 Å². The van der Waals surface area contributed by atoms with Crippen LogP contribution in [0.5, 0.6) is 0 Å². The highest BCUT2D eigenvalue weighted by molar-refractivity contribution is 7.13. The van der Waals surface area contributed by atoms with Crippen molar-refractivity contribution in [2.75, 3.05) is 12.3 Å². The SMILES string of the molecule is CCO/N=C(\C(=O)Cl)c1csc(N)[nH+]1. The van der Waals surface area contributed by atoms with E-state index in [2.05, 4.69) is 10.1 Å². The van der Waals surface area contributed by atoms with Gasteiger partial charge in [-0.15, -0.1) is 0 Å². The Labute approximate surface area is 89.5 Å². The Bertz CT molecular complexity index is 364. The number of nitrogens with two attached hydrogens (primary N) is 1. The highest BCUT2D eigenvalue weighted by atomic mass is 35.5. The van der Waals surface area contributed by atoms with Crippen LogP contribution >= 0.6 is 22.9 Å². The van der Waals surface area contributed by atoms with Crippen LogP contribution in [0.2, 0.25) is 0 Å². The summed E-state index contributed by atoms with van der Waals surface area (Å²) >= 11 is 6.58. The number of nitrogen functional groups attached to an aromatic ring is 1. The molecule has 76 valence electrons. The van der Waals surface area contributed by atoms with Crippen LogP contribution in [0.25, 0.3) is 0 Å². The molecule has 1 aromatic heterocycles. The number of anilines is 1. The molecule has 0 spiro atoms. The van der Waals surface area contributed by atoms with E-state index in [1.165, 1.54) is 11.3 Å². The second kappa shape index (κ2) is 4.92. The van der Waals surface area contributed by atoms with E-state index >= 15 is 0 Å². The molecule has 0 bridgehead atoms. The van der Waals surface area contributed by atoms with E-state index in [9.17, 15) is 4.79 Å². The van der Waals surface area contributed by atoms with Gasteiger partial charge < -0.3 is 4.84 Å². The molecule has 0 saturated heterocycles. The van der Waals surface area contributed by atoms with Crippen LogP contribution in [-0.2, 0) is 9.63 Å². The van der Waals surface area contributed by atoms with Crippen LogP contribution in [0.3, 0.4) is 0 Å².